The van der Waals surface area contributed by atoms with Crippen LogP contribution in [-0.2, 0) is 16.8 Å². The first kappa shape index (κ1) is 15.4. The molecule has 2 rings (SSSR count). The van der Waals surface area contributed by atoms with Gasteiger partial charge >= 0.3 is 0 Å². The molecule has 0 saturated carbocycles. The number of nitrogens with zero attached hydrogens (tertiary/aromatic N) is 4. The third-order valence-corrected chi connectivity index (χ3v) is 5.49. The third kappa shape index (κ3) is 3.20. The molecule has 1 aliphatic heterocycles. The van der Waals surface area contributed by atoms with E-state index in [2.05, 4.69) is 5.10 Å². The highest BCUT2D eigenvalue weighted by atomic mass is 32.2. The summed E-state index contributed by atoms with van der Waals surface area (Å²) >= 11 is 0. The number of rotatable bonds is 5. The standard InChI is InChI=1S/C12H22N4O3S/c1-14(2)20(18,19)16-6-3-4-11(10-16)12-5-7-15(13-12)8-9-17/h5,7,11,17H,3-4,6,8-10H2,1-2H3/t11-/m0/s1. The summed E-state index contributed by atoms with van der Waals surface area (Å²) in [4.78, 5) is 0. The number of piperidine rings is 1. The first-order valence-electron chi connectivity index (χ1n) is 6.77. The van der Waals surface area contributed by atoms with E-state index in [1.54, 1.807) is 18.8 Å². The molecular weight excluding hydrogens is 280 g/mol. The van der Waals surface area contributed by atoms with Gasteiger partial charge in [-0.1, -0.05) is 0 Å². The molecule has 114 valence electrons. The lowest BCUT2D eigenvalue weighted by molar-refractivity contribution is 0.267. The van der Waals surface area contributed by atoms with E-state index in [-0.39, 0.29) is 12.5 Å². The summed E-state index contributed by atoms with van der Waals surface area (Å²) in [5.74, 6) is 0.124. The van der Waals surface area contributed by atoms with Gasteiger partial charge in [-0.2, -0.15) is 22.1 Å². The minimum atomic E-state index is -3.35. The van der Waals surface area contributed by atoms with Crippen LogP contribution in [0.4, 0.5) is 0 Å². The van der Waals surface area contributed by atoms with Crippen LogP contribution < -0.4 is 0 Å². The predicted molar refractivity (Wildman–Crippen MR) is 75.5 cm³/mol. The average Bonchev–Trinajstić information content (AvgIpc) is 2.88. The summed E-state index contributed by atoms with van der Waals surface area (Å²) in [6.07, 6.45) is 3.60. The molecule has 2 heterocycles. The van der Waals surface area contributed by atoms with Gasteiger partial charge < -0.3 is 5.11 Å². The summed E-state index contributed by atoms with van der Waals surface area (Å²) in [7, 11) is -0.251. The molecule has 1 N–H and O–H groups in total. The van der Waals surface area contributed by atoms with Crippen molar-refractivity contribution in [1.29, 1.82) is 0 Å². The number of hydrogen-bond acceptors (Lipinski definition) is 4. The van der Waals surface area contributed by atoms with E-state index in [4.69, 9.17) is 5.11 Å². The van der Waals surface area contributed by atoms with Crippen molar-refractivity contribution in [3.05, 3.63) is 18.0 Å². The molecule has 0 unspecified atom stereocenters. The second kappa shape index (κ2) is 6.21. The van der Waals surface area contributed by atoms with Crippen molar-refractivity contribution < 1.29 is 13.5 Å². The highest BCUT2D eigenvalue weighted by molar-refractivity contribution is 7.86. The second-order valence-corrected chi connectivity index (χ2v) is 7.36. The van der Waals surface area contributed by atoms with E-state index < -0.39 is 10.2 Å². The molecule has 1 aliphatic rings. The lowest BCUT2D eigenvalue weighted by Gasteiger charge is -2.32. The van der Waals surface area contributed by atoms with Crippen LogP contribution in [0.2, 0.25) is 0 Å². The SMILES string of the molecule is CN(C)S(=O)(=O)N1CCC[C@H](c2ccn(CCO)n2)C1. The number of hydrogen-bond donors (Lipinski definition) is 1. The fraction of sp³-hybridized carbons (Fsp3) is 0.750. The fourth-order valence-corrected chi connectivity index (χ4v) is 3.64. The molecule has 0 spiro atoms. The van der Waals surface area contributed by atoms with Gasteiger partial charge in [0.15, 0.2) is 0 Å². The summed E-state index contributed by atoms with van der Waals surface area (Å²) in [5, 5.41) is 13.3. The molecule has 8 heteroatoms. The van der Waals surface area contributed by atoms with Crippen LogP contribution in [0, 0.1) is 0 Å². The van der Waals surface area contributed by atoms with Crippen molar-refractivity contribution in [2.75, 3.05) is 33.8 Å². The third-order valence-electron chi connectivity index (χ3n) is 3.58. The van der Waals surface area contributed by atoms with E-state index in [1.165, 1.54) is 8.61 Å². The Morgan fingerprint density at radius 1 is 1.50 bits per heavy atom. The second-order valence-electron chi connectivity index (χ2n) is 5.21. The summed E-state index contributed by atoms with van der Waals surface area (Å²) < 4.78 is 28.8. The van der Waals surface area contributed by atoms with E-state index in [0.29, 0.717) is 19.6 Å². The van der Waals surface area contributed by atoms with Crippen LogP contribution in [0.1, 0.15) is 24.5 Å². The number of aliphatic hydroxyl groups is 1. The van der Waals surface area contributed by atoms with Gasteiger partial charge in [0.05, 0.1) is 18.8 Å². The Morgan fingerprint density at radius 3 is 2.90 bits per heavy atom. The molecule has 1 fully saturated rings. The maximum Gasteiger partial charge on any atom is 0.281 e. The van der Waals surface area contributed by atoms with Gasteiger partial charge in [-0.25, -0.2) is 0 Å². The lowest BCUT2D eigenvalue weighted by atomic mass is 9.96. The zero-order chi connectivity index (χ0) is 14.8. The number of aliphatic hydroxyl groups excluding tert-OH is 1. The normalized spacial score (nSPS) is 21.5. The monoisotopic (exact) mass is 302 g/mol. The molecule has 0 bridgehead atoms. The topological polar surface area (TPSA) is 78.7 Å². The van der Waals surface area contributed by atoms with E-state index in [1.807, 2.05) is 12.3 Å². The molecule has 7 nitrogen and oxygen atoms in total. The zero-order valence-corrected chi connectivity index (χ0v) is 12.8. The first-order valence-corrected chi connectivity index (χ1v) is 8.16. The molecule has 1 aromatic heterocycles. The smallest absolute Gasteiger partial charge is 0.281 e. The Labute approximate surface area is 120 Å². The molecule has 1 saturated heterocycles. The Bertz CT molecular complexity index is 541. The van der Waals surface area contributed by atoms with Gasteiger partial charge in [0, 0.05) is 39.3 Å². The molecule has 0 aliphatic carbocycles. The van der Waals surface area contributed by atoms with Crippen molar-refractivity contribution in [3.63, 3.8) is 0 Å². The predicted octanol–water partition coefficient (Wildman–Crippen LogP) is -0.139. The van der Waals surface area contributed by atoms with Crippen molar-refractivity contribution in [1.82, 2.24) is 18.4 Å². The van der Waals surface area contributed by atoms with Crippen molar-refractivity contribution >= 4 is 10.2 Å². The van der Waals surface area contributed by atoms with Crippen LogP contribution >= 0.6 is 0 Å². The van der Waals surface area contributed by atoms with Crippen LogP contribution in [0.25, 0.3) is 0 Å². The lowest BCUT2D eigenvalue weighted by Crippen LogP contribution is -2.44. The largest absolute Gasteiger partial charge is 0.394 e. The number of aromatic nitrogens is 2. The Kier molecular flexibility index (Phi) is 4.79. The highest BCUT2D eigenvalue weighted by Crippen LogP contribution is 2.27. The highest BCUT2D eigenvalue weighted by Gasteiger charge is 2.31. The van der Waals surface area contributed by atoms with Crippen LogP contribution in [0.5, 0.6) is 0 Å². The van der Waals surface area contributed by atoms with Gasteiger partial charge in [0.2, 0.25) is 0 Å². The summed E-state index contributed by atoms with van der Waals surface area (Å²) in [6, 6.07) is 1.91. The quantitative estimate of drug-likeness (QED) is 0.821. The zero-order valence-electron chi connectivity index (χ0n) is 11.9. The maximum absolute atomic E-state index is 12.2. The summed E-state index contributed by atoms with van der Waals surface area (Å²) in [5.41, 5.74) is 0.900. The molecule has 1 aromatic rings. The van der Waals surface area contributed by atoms with Gasteiger partial charge in [-0.3, -0.25) is 4.68 Å². The molecule has 20 heavy (non-hydrogen) atoms. The van der Waals surface area contributed by atoms with Gasteiger partial charge in [0.1, 0.15) is 0 Å². The van der Waals surface area contributed by atoms with Gasteiger partial charge in [-0.15, -0.1) is 0 Å². The van der Waals surface area contributed by atoms with Crippen LogP contribution in [-0.4, -0.2) is 65.7 Å². The Morgan fingerprint density at radius 2 is 2.25 bits per heavy atom. The van der Waals surface area contributed by atoms with Crippen LogP contribution in [0.15, 0.2) is 12.3 Å². The van der Waals surface area contributed by atoms with Gasteiger partial charge in [-0.05, 0) is 18.9 Å². The minimum Gasteiger partial charge on any atom is -0.394 e. The summed E-state index contributed by atoms with van der Waals surface area (Å²) in [6.45, 7) is 1.55. The van der Waals surface area contributed by atoms with Crippen molar-refractivity contribution in [3.8, 4) is 0 Å². The first-order chi connectivity index (χ1) is 9.45. The fourth-order valence-electron chi connectivity index (χ4n) is 2.45. The van der Waals surface area contributed by atoms with E-state index in [9.17, 15) is 8.42 Å². The Balaban J connectivity index is 2.10. The average molecular weight is 302 g/mol. The van der Waals surface area contributed by atoms with Crippen molar-refractivity contribution in [2.45, 2.75) is 25.3 Å². The Hall–Kier alpha value is -0.960. The molecule has 1 atom stereocenters. The van der Waals surface area contributed by atoms with Crippen LogP contribution in [0.3, 0.4) is 0 Å². The maximum atomic E-state index is 12.2. The van der Waals surface area contributed by atoms with E-state index in [0.717, 1.165) is 18.5 Å². The molecule has 0 radical (unpaired) electrons. The molecular formula is C12H22N4O3S. The van der Waals surface area contributed by atoms with Gasteiger partial charge in [0.25, 0.3) is 10.2 Å². The molecule has 0 amide bonds. The van der Waals surface area contributed by atoms with Crippen molar-refractivity contribution in [2.24, 2.45) is 0 Å². The minimum absolute atomic E-state index is 0.0485. The molecule has 0 aromatic carbocycles. The van der Waals surface area contributed by atoms with E-state index >= 15 is 0 Å².